The molecule has 3 aromatic heterocycles. The van der Waals surface area contributed by atoms with E-state index in [4.69, 9.17) is 5.73 Å². The van der Waals surface area contributed by atoms with Crippen molar-refractivity contribution in [1.29, 1.82) is 0 Å². The molecule has 3 N–H and O–H groups in total. The molecule has 0 saturated heterocycles. The Morgan fingerprint density at radius 3 is 2.58 bits per heavy atom. The van der Waals surface area contributed by atoms with E-state index in [1.807, 2.05) is 42.5 Å². The van der Waals surface area contributed by atoms with Crippen LogP contribution in [0, 0.1) is 12.8 Å². The molecule has 3 heterocycles. The molecule has 0 aliphatic heterocycles. The summed E-state index contributed by atoms with van der Waals surface area (Å²) in [5.74, 6) is 0.0785. The van der Waals surface area contributed by atoms with Gasteiger partial charge in [-0.3, -0.25) is 14.3 Å². The predicted octanol–water partition coefficient (Wildman–Crippen LogP) is 4.13. The fourth-order valence-electron chi connectivity index (χ4n) is 3.62. The first kappa shape index (κ1) is 20.9. The van der Waals surface area contributed by atoms with Crippen LogP contribution in [0.25, 0.3) is 15.9 Å². The van der Waals surface area contributed by atoms with E-state index in [0.29, 0.717) is 22.2 Å². The molecule has 0 aliphatic carbocycles. The Hall–Kier alpha value is -3.39. The van der Waals surface area contributed by atoms with E-state index in [1.165, 1.54) is 16.0 Å². The molecule has 0 aliphatic rings. The van der Waals surface area contributed by atoms with Crippen LogP contribution < -0.4 is 16.6 Å². The first-order valence-corrected chi connectivity index (χ1v) is 10.9. The van der Waals surface area contributed by atoms with Gasteiger partial charge in [0.05, 0.1) is 17.1 Å². The molecule has 4 rings (SSSR count). The largest absolute Gasteiger partial charge is 0.397 e. The molecule has 0 unspecified atom stereocenters. The SMILES string of the molecule is Cc1c(NC(=O)c2sc3nc(CC(C)C)ccc3c2N)c(=O)n(-c2ccccc2)n1C. The molecule has 1 aromatic carbocycles. The summed E-state index contributed by atoms with van der Waals surface area (Å²) in [6.07, 6.45) is 0.859. The smallest absolute Gasteiger partial charge is 0.295 e. The molecule has 31 heavy (non-hydrogen) atoms. The number of nitrogens with one attached hydrogen (secondary N) is 1. The maximum atomic E-state index is 13.1. The minimum Gasteiger partial charge on any atom is -0.397 e. The highest BCUT2D eigenvalue weighted by atomic mass is 32.1. The highest BCUT2D eigenvalue weighted by molar-refractivity contribution is 7.21. The third-order valence-corrected chi connectivity index (χ3v) is 6.38. The summed E-state index contributed by atoms with van der Waals surface area (Å²) in [5, 5.41) is 3.54. The zero-order chi connectivity index (χ0) is 22.3. The molecule has 0 atom stereocenters. The standard InChI is InChI=1S/C23H25N5O2S/c1-13(2)12-15-10-11-17-18(24)20(31-22(17)25-15)21(29)26-19-14(3)27(4)28(23(19)30)16-8-6-5-7-9-16/h5-11,13H,12,24H2,1-4H3,(H,26,29). The van der Waals surface area contributed by atoms with Crippen LogP contribution in [0.5, 0.6) is 0 Å². The first-order valence-electron chi connectivity index (χ1n) is 10.1. The maximum absolute atomic E-state index is 13.1. The van der Waals surface area contributed by atoms with Crippen LogP contribution in [0.15, 0.2) is 47.3 Å². The number of nitrogens with two attached hydrogens (primary N) is 1. The number of nitrogens with zero attached hydrogens (tertiary/aromatic N) is 3. The molecular formula is C23H25N5O2S. The number of fused-ring (bicyclic) bond motifs is 1. The van der Waals surface area contributed by atoms with Gasteiger partial charge in [0, 0.05) is 18.1 Å². The van der Waals surface area contributed by atoms with Gasteiger partial charge in [0.2, 0.25) is 0 Å². The zero-order valence-corrected chi connectivity index (χ0v) is 18.8. The van der Waals surface area contributed by atoms with Crippen molar-refractivity contribution in [3.63, 3.8) is 0 Å². The van der Waals surface area contributed by atoms with Crippen molar-refractivity contribution in [2.45, 2.75) is 27.2 Å². The number of carbonyl (C=O) groups excluding carboxylic acids is 1. The molecule has 4 aromatic rings. The molecule has 8 heteroatoms. The average Bonchev–Trinajstić information content (AvgIpc) is 3.17. The number of thiophene rings is 1. The number of hydrogen-bond acceptors (Lipinski definition) is 5. The monoisotopic (exact) mass is 435 g/mol. The van der Waals surface area contributed by atoms with Crippen LogP contribution in [-0.2, 0) is 13.5 Å². The Balaban J connectivity index is 1.70. The first-order chi connectivity index (χ1) is 14.8. The molecule has 7 nitrogen and oxygen atoms in total. The minimum atomic E-state index is -0.406. The molecule has 0 fully saturated rings. The third-order valence-electron chi connectivity index (χ3n) is 5.27. The van der Waals surface area contributed by atoms with Crippen molar-refractivity contribution in [3.05, 3.63) is 69.1 Å². The van der Waals surface area contributed by atoms with Crippen molar-refractivity contribution >= 4 is 38.8 Å². The fraction of sp³-hybridized carbons (Fsp3) is 0.261. The van der Waals surface area contributed by atoms with Crippen molar-refractivity contribution in [2.24, 2.45) is 13.0 Å². The van der Waals surface area contributed by atoms with Crippen LogP contribution in [0.1, 0.15) is 34.9 Å². The summed E-state index contributed by atoms with van der Waals surface area (Å²) >= 11 is 1.25. The van der Waals surface area contributed by atoms with Gasteiger partial charge < -0.3 is 11.1 Å². The number of hydrogen-bond donors (Lipinski definition) is 2. The highest BCUT2D eigenvalue weighted by Crippen LogP contribution is 2.33. The fourth-order valence-corrected chi connectivity index (χ4v) is 4.63. The predicted molar refractivity (Wildman–Crippen MR) is 126 cm³/mol. The van der Waals surface area contributed by atoms with E-state index in [-0.39, 0.29) is 11.2 Å². The maximum Gasteiger partial charge on any atom is 0.295 e. The van der Waals surface area contributed by atoms with E-state index in [9.17, 15) is 9.59 Å². The van der Waals surface area contributed by atoms with Crippen LogP contribution in [-0.4, -0.2) is 20.3 Å². The topological polar surface area (TPSA) is 94.9 Å². The number of rotatable bonds is 5. The Morgan fingerprint density at radius 2 is 1.90 bits per heavy atom. The van der Waals surface area contributed by atoms with Gasteiger partial charge in [-0.1, -0.05) is 32.0 Å². The Bertz CT molecular complexity index is 1330. The summed E-state index contributed by atoms with van der Waals surface area (Å²) in [6.45, 7) is 6.07. The van der Waals surface area contributed by atoms with E-state index in [0.717, 1.165) is 28.0 Å². The molecule has 160 valence electrons. The molecule has 0 bridgehead atoms. The average molecular weight is 436 g/mol. The van der Waals surface area contributed by atoms with Crippen LogP contribution in [0.3, 0.4) is 0 Å². The van der Waals surface area contributed by atoms with Crippen molar-refractivity contribution < 1.29 is 4.79 Å². The van der Waals surface area contributed by atoms with Gasteiger partial charge in [0.1, 0.15) is 15.4 Å². The summed E-state index contributed by atoms with van der Waals surface area (Å²) in [5.41, 5.74) is 8.95. The normalized spacial score (nSPS) is 11.4. The number of aromatic nitrogens is 3. The summed E-state index contributed by atoms with van der Waals surface area (Å²) in [4.78, 5) is 31.9. The van der Waals surface area contributed by atoms with Crippen LogP contribution in [0.2, 0.25) is 0 Å². The Kier molecular flexibility index (Phi) is 5.41. The third kappa shape index (κ3) is 3.74. The minimum absolute atomic E-state index is 0.238. The number of anilines is 2. The van der Waals surface area contributed by atoms with E-state index >= 15 is 0 Å². The number of amides is 1. The Morgan fingerprint density at radius 1 is 1.19 bits per heavy atom. The number of pyridine rings is 1. The van der Waals surface area contributed by atoms with Crippen molar-refractivity contribution in [3.8, 4) is 5.69 Å². The van der Waals surface area contributed by atoms with Gasteiger partial charge in [0.25, 0.3) is 11.5 Å². The van der Waals surface area contributed by atoms with Gasteiger partial charge in [-0.15, -0.1) is 11.3 Å². The molecule has 1 amide bonds. The van der Waals surface area contributed by atoms with Crippen molar-refractivity contribution in [1.82, 2.24) is 14.3 Å². The number of nitrogen functional groups attached to an aromatic ring is 1. The second-order valence-electron chi connectivity index (χ2n) is 7.99. The quantitative estimate of drug-likeness (QED) is 0.493. The second-order valence-corrected chi connectivity index (χ2v) is 8.99. The van der Waals surface area contributed by atoms with E-state index in [2.05, 4.69) is 24.1 Å². The summed E-state index contributed by atoms with van der Waals surface area (Å²) in [7, 11) is 1.79. The molecular weight excluding hydrogens is 410 g/mol. The molecule has 0 saturated carbocycles. The lowest BCUT2D eigenvalue weighted by Gasteiger charge is -2.07. The van der Waals surface area contributed by atoms with Crippen molar-refractivity contribution in [2.75, 3.05) is 11.1 Å². The van der Waals surface area contributed by atoms with Gasteiger partial charge >= 0.3 is 0 Å². The summed E-state index contributed by atoms with van der Waals surface area (Å²) < 4.78 is 3.25. The van der Waals surface area contributed by atoms with E-state index in [1.54, 1.807) is 18.7 Å². The van der Waals surface area contributed by atoms with Gasteiger partial charge in [-0.05, 0) is 43.5 Å². The lowest BCUT2D eigenvalue weighted by Crippen LogP contribution is -2.22. The van der Waals surface area contributed by atoms with Crippen LogP contribution in [0.4, 0.5) is 11.4 Å². The molecule has 0 radical (unpaired) electrons. The van der Waals surface area contributed by atoms with Crippen LogP contribution >= 0.6 is 11.3 Å². The van der Waals surface area contributed by atoms with E-state index < -0.39 is 5.91 Å². The lowest BCUT2D eigenvalue weighted by atomic mass is 10.1. The van der Waals surface area contributed by atoms with Gasteiger partial charge in [-0.2, -0.15) is 0 Å². The summed E-state index contributed by atoms with van der Waals surface area (Å²) in [6, 6.07) is 13.2. The number of benzene rings is 1. The van der Waals surface area contributed by atoms with Gasteiger partial charge in [-0.25, -0.2) is 9.67 Å². The number of carbonyl (C=O) groups is 1. The van der Waals surface area contributed by atoms with Gasteiger partial charge in [0.15, 0.2) is 0 Å². The lowest BCUT2D eigenvalue weighted by molar-refractivity contribution is 0.103. The highest BCUT2D eigenvalue weighted by Gasteiger charge is 2.22. The Labute approximate surface area is 184 Å². The molecule has 0 spiro atoms. The zero-order valence-electron chi connectivity index (χ0n) is 18.0. The second kappa shape index (κ2) is 8.03. The number of para-hydroxylation sites is 1.